The summed E-state index contributed by atoms with van der Waals surface area (Å²) < 4.78 is 23.4. The second kappa shape index (κ2) is 10.9. The number of hydrogen-bond donors (Lipinski definition) is 1. The van der Waals surface area contributed by atoms with Crippen LogP contribution < -0.4 is 5.32 Å². The zero-order valence-corrected chi connectivity index (χ0v) is 24.2. The first-order valence-electron chi connectivity index (χ1n) is 11.9. The van der Waals surface area contributed by atoms with Crippen LogP contribution in [0.15, 0.2) is 0 Å². The number of rotatable bonds is 8. The molecule has 198 valence electrons. The van der Waals surface area contributed by atoms with Crippen molar-refractivity contribution in [1.29, 1.82) is 0 Å². The molecular weight excluding hydrogens is 456 g/mol. The van der Waals surface area contributed by atoms with Crippen molar-refractivity contribution in [2.24, 2.45) is 0 Å². The fourth-order valence-electron chi connectivity index (χ4n) is 3.63. The lowest BCUT2D eigenvalue weighted by Gasteiger charge is -2.43. The summed E-state index contributed by atoms with van der Waals surface area (Å²) in [5, 5.41) is 2.58. The number of hydrogen-bond acceptors (Lipinski definition) is 7. The van der Waals surface area contributed by atoms with Crippen molar-refractivity contribution < 1.29 is 33.0 Å². The summed E-state index contributed by atoms with van der Waals surface area (Å²) in [5.41, 5.74) is -1.56. The van der Waals surface area contributed by atoms with E-state index in [2.05, 4.69) is 39.2 Å². The SMILES string of the molecule is COC(=O)[C@H](CCC(O[Si](C)(C)C(C)(C)C)[C@H]1COC(C)(C)N1C(=O)OC(C)(C)C)NC(C)=O. The van der Waals surface area contributed by atoms with Crippen LogP contribution in [0.3, 0.4) is 0 Å². The van der Waals surface area contributed by atoms with E-state index in [1.54, 1.807) is 4.90 Å². The van der Waals surface area contributed by atoms with Crippen molar-refractivity contribution >= 4 is 26.3 Å². The van der Waals surface area contributed by atoms with Gasteiger partial charge in [0.25, 0.3) is 0 Å². The predicted molar refractivity (Wildman–Crippen MR) is 133 cm³/mol. The Labute approximate surface area is 206 Å². The molecule has 1 saturated heterocycles. The molecule has 9 nitrogen and oxygen atoms in total. The van der Waals surface area contributed by atoms with Gasteiger partial charge in [0.2, 0.25) is 5.91 Å². The van der Waals surface area contributed by atoms with E-state index in [1.165, 1.54) is 14.0 Å². The number of ether oxygens (including phenoxy) is 3. The molecule has 0 spiro atoms. The molecule has 0 aromatic rings. The summed E-state index contributed by atoms with van der Waals surface area (Å²) in [4.78, 5) is 38.8. The normalized spacial score (nSPS) is 20.5. The third-order valence-corrected chi connectivity index (χ3v) is 10.9. The summed E-state index contributed by atoms with van der Waals surface area (Å²) in [5.74, 6) is -0.841. The van der Waals surface area contributed by atoms with E-state index < -0.39 is 49.9 Å². The number of nitrogens with zero attached hydrogens (tertiary/aromatic N) is 1. The van der Waals surface area contributed by atoms with Crippen LogP contribution in [0.2, 0.25) is 18.1 Å². The van der Waals surface area contributed by atoms with Crippen LogP contribution in [0.1, 0.15) is 75.2 Å². The Morgan fingerprint density at radius 1 is 1.12 bits per heavy atom. The van der Waals surface area contributed by atoms with E-state index in [-0.39, 0.29) is 17.6 Å². The van der Waals surface area contributed by atoms with Gasteiger partial charge < -0.3 is 24.0 Å². The quantitative estimate of drug-likeness (QED) is 0.392. The molecule has 1 fully saturated rings. The largest absolute Gasteiger partial charge is 0.467 e. The lowest BCUT2D eigenvalue weighted by molar-refractivity contribution is -0.145. The molecule has 0 radical (unpaired) electrons. The fourth-order valence-corrected chi connectivity index (χ4v) is 5.01. The van der Waals surface area contributed by atoms with E-state index in [4.69, 9.17) is 18.6 Å². The van der Waals surface area contributed by atoms with Gasteiger partial charge in [0.05, 0.1) is 25.9 Å². The van der Waals surface area contributed by atoms with Crippen LogP contribution in [0.5, 0.6) is 0 Å². The highest BCUT2D eigenvalue weighted by Gasteiger charge is 2.51. The number of methoxy groups -OCH3 is 1. The highest BCUT2D eigenvalue weighted by Crippen LogP contribution is 2.40. The van der Waals surface area contributed by atoms with Crippen molar-refractivity contribution in [2.75, 3.05) is 13.7 Å². The highest BCUT2D eigenvalue weighted by molar-refractivity contribution is 6.74. The maximum absolute atomic E-state index is 13.2. The zero-order chi connectivity index (χ0) is 26.7. The molecule has 1 N–H and O–H groups in total. The number of carbonyl (C=O) groups is 3. The van der Waals surface area contributed by atoms with Crippen molar-refractivity contribution in [1.82, 2.24) is 10.2 Å². The van der Waals surface area contributed by atoms with Crippen LogP contribution >= 0.6 is 0 Å². The van der Waals surface area contributed by atoms with Crippen LogP contribution in [-0.4, -0.2) is 74.4 Å². The third kappa shape index (κ3) is 8.23. The molecule has 0 aromatic heterocycles. The van der Waals surface area contributed by atoms with Gasteiger partial charge in [0, 0.05) is 6.92 Å². The topological polar surface area (TPSA) is 103 Å². The molecule has 10 heteroatoms. The first-order chi connectivity index (χ1) is 15.2. The average Bonchev–Trinajstić information content (AvgIpc) is 2.95. The van der Waals surface area contributed by atoms with Crippen molar-refractivity contribution in [3.05, 3.63) is 0 Å². The third-order valence-electron chi connectivity index (χ3n) is 6.39. The van der Waals surface area contributed by atoms with Gasteiger partial charge in [-0.25, -0.2) is 9.59 Å². The minimum absolute atomic E-state index is 0.0731. The fraction of sp³-hybridized carbons (Fsp3) is 0.875. The molecule has 1 rings (SSSR count). The Hall–Kier alpha value is -1.65. The molecule has 0 bridgehead atoms. The van der Waals surface area contributed by atoms with Crippen LogP contribution in [-0.2, 0) is 28.2 Å². The first kappa shape index (κ1) is 30.4. The van der Waals surface area contributed by atoms with Gasteiger partial charge in [-0.05, 0) is 65.6 Å². The van der Waals surface area contributed by atoms with Gasteiger partial charge in [-0.1, -0.05) is 20.8 Å². The van der Waals surface area contributed by atoms with Crippen LogP contribution in [0.4, 0.5) is 4.79 Å². The molecule has 0 aromatic carbocycles. The van der Waals surface area contributed by atoms with Crippen molar-refractivity contribution in [2.45, 2.75) is 123 Å². The van der Waals surface area contributed by atoms with E-state index in [1.807, 2.05) is 34.6 Å². The van der Waals surface area contributed by atoms with Crippen LogP contribution in [0.25, 0.3) is 0 Å². The Balaban J connectivity index is 3.33. The molecule has 1 aliphatic rings. The monoisotopic (exact) mass is 502 g/mol. The van der Waals surface area contributed by atoms with E-state index in [0.29, 0.717) is 12.8 Å². The van der Waals surface area contributed by atoms with E-state index >= 15 is 0 Å². The number of carbonyl (C=O) groups excluding carboxylic acids is 3. The standard InChI is InChI=1S/C24H46N2O7Si/c1-16(27)25-17(20(28)30-10)13-14-19(33-34(11,12)23(5,6)7)18-15-31-24(8,9)26(18)21(29)32-22(2,3)4/h17-19H,13-15H2,1-12H3,(H,25,27)/t17-,18+,19?/m0/s1. The minimum Gasteiger partial charge on any atom is -0.467 e. The summed E-state index contributed by atoms with van der Waals surface area (Å²) in [6, 6.07) is -1.23. The van der Waals surface area contributed by atoms with Crippen molar-refractivity contribution in [3.63, 3.8) is 0 Å². The Bertz CT molecular complexity index is 741. The number of nitrogens with one attached hydrogen (secondary N) is 1. The molecule has 0 saturated carbocycles. The van der Waals surface area contributed by atoms with Gasteiger partial charge in [-0.3, -0.25) is 9.69 Å². The molecule has 3 atom stereocenters. The molecule has 1 aliphatic heterocycles. The number of amides is 2. The lowest BCUT2D eigenvalue weighted by atomic mass is 10.0. The molecule has 2 amide bonds. The smallest absolute Gasteiger partial charge is 0.412 e. The Morgan fingerprint density at radius 3 is 2.12 bits per heavy atom. The van der Waals surface area contributed by atoms with Gasteiger partial charge >= 0.3 is 12.1 Å². The van der Waals surface area contributed by atoms with Gasteiger partial charge in [0.1, 0.15) is 17.4 Å². The molecule has 34 heavy (non-hydrogen) atoms. The van der Waals surface area contributed by atoms with Crippen molar-refractivity contribution in [3.8, 4) is 0 Å². The van der Waals surface area contributed by atoms with Gasteiger partial charge in [0.15, 0.2) is 8.32 Å². The van der Waals surface area contributed by atoms with Gasteiger partial charge in [-0.2, -0.15) is 0 Å². The first-order valence-corrected chi connectivity index (χ1v) is 14.8. The summed E-state index contributed by atoms with van der Waals surface area (Å²) in [6.45, 7) is 21.5. The van der Waals surface area contributed by atoms with E-state index in [9.17, 15) is 14.4 Å². The predicted octanol–water partition coefficient (Wildman–Crippen LogP) is 4.21. The maximum Gasteiger partial charge on any atom is 0.412 e. The Morgan fingerprint density at radius 2 is 1.68 bits per heavy atom. The second-order valence-corrected chi connectivity index (χ2v) is 16.7. The Kier molecular flexibility index (Phi) is 9.78. The summed E-state index contributed by atoms with van der Waals surface area (Å²) in [7, 11) is -0.980. The summed E-state index contributed by atoms with van der Waals surface area (Å²) in [6.07, 6.45) is -0.202. The van der Waals surface area contributed by atoms with Gasteiger partial charge in [-0.15, -0.1) is 0 Å². The lowest BCUT2D eigenvalue weighted by Crippen LogP contribution is -2.56. The highest BCUT2D eigenvalue weighted by atomic mass is 28.4. The zero-order valence-electron chi connectivity index (χ0n) is 23.2. The molecule has 1 heterocycles. The number of esters is 1. The molecule has 0 aliphatic carbocycles. The molecular formula is C24H46N2O7Si. The minimum atomic E-state index is -2.27. The average molecular weight is 503 g/mol. The maximum atomic E-state index is 13.2. The molecule has 1 unspecified atom stereocenters. The summed E-state index contributed by atoms with van der Waals surface area (Å²) >= 11 is 0. The second-order valence-electron chi connectivity index (χ2n) is 11.9. The van der Waals surface area contributed by atoms with E-state index in [0.717, 1.165) is 0 Å². The van der Waals surface area contributed by atoms with Crippen LogP contribution in [0, 0.1) is 0 Å².